The molecule has 66 heavy (non-hydrogen) atoms. The summed E-state index contributed by atoms with van der Waals surface area (Å²) >= 11 is 3.08. The Morgan fingerprint density at radius 3 is 1.11 bits per heavy atom. The van der Waals surface area contributed by atoms with E-state index in [-0.39, 0.29) is 22.4 Å². The summed E-state index contributed by atoms with van der Waals surface area (Å²) < 4.78 is 179. The summed E-state index contributed by atoms with van der Waals surface area (Å²) in [5.41, 5.74) is -3.15. The van der Waals surface area contributed by atoms with E-state index < -0.39 is 101 Å². The van der Waals surface area contributed by atoms with E-state index in [0.717, 1.165) is 24.3 Å². The van der Waals surface area contributed by atoms with Gasteiger partial charge in [0.1, 0.15) is 11.5 Å². The van der Waals surface area contributed by atoms with Gasteiger partial charge in [-0.25, -0.2) is 26.3 Å². The van der Waals surface area contributed by atoms with Crippen molar-refractivity contribution in [1.29, 1.82) is 0 Å². The van der Waals surface area contributed by atoms with E-state index in [1.165, 1.54) is 24.3 Å². The smallest absolute Gasteiger partial charge is 0.429 e. The highest BCUT2D eigenvalue weighted by atomic mass is 79.9. The summed E-state index contributed by atoms with van der Waals surface area (Å²) in [4.78, 5) is 0. The molecule has 0 spiro atoms. The SMILES string of the molecule is CC1(C)OB(C2OC(C)(C)C(C)(C)O2)OC1(C)C.CC1(C)OB(c2ccc(C(F)(F)Oc3cc(F)c(F)c(F)c3)cc2)OC1(C)C.Fc1cc(OC(F)(F)c2ccc(Br)cc2)cc(F)c1F. The minimum atomic E-state index is -3.90. The molecule has 4 aromatic carbocycles. The van der Waals surface area contributed by atoms with Crippen LogP contribution in [0, 0.1) is 34.9 Å². The van der Waals surface area contributed by atoms with Gasteiger partial charge in [-0.2, -0.15) is 17.6 Å². The van der Waals surface area contributed by atoms with Gasteiger partial charge in [-0.05, 0) is 125 Å². The molecule has 7 rings (SSSR count). The van der Waals surface area contributed by atoms with Crippen molar-refractivity contribution in [2.45, 2.75) is 135 Å². The van der Waals surface area contributed by atoms with Crippen LogP contribution >= 0.6 is 15.9 Å². The molecule has 0 saturated carbocycles. The molecule has 3 aliphatic heterocycles. The van der Waals surface area contributed by atoms with Crippen LogP contribution in [0.5, 0.6) is 11.5 Å². The molecular formula is C45H49B2BrF10O8. The fourth-order valence-electron chi connectivity index (χ4n) is 6.05. The third kappa shape index (κ3) is 11.5. The summed E-state index contributed by atoms with van der Waals surface area (Å²) in [5.74, 6) is -11.6. The lowest BCUT2D eigenvalue weighted by Gasteiger charge is -2.32. The quantitative estimate of drug-likeness (QED) is 0.0982. The number of ether oxygens (including phenoxy) is 4. The lowest BCUT2D eigenvalue weighted by molar-refractivity contribution is -0.186. The van der Waals surface area contributed by atoms with Crippen LogP contribution < -0.4 is 14.9 Å². The van der Waals surface area contributed by atoms with Gasteiger partial charge in [0.05, 0.1) is 44.7 Å². The molecule has 0 unspecified atom stereocenters. The van der Waals surface area contributed by atoms with Crippen LogP contribution in [0.1, 0.15) is 94.2 Å². The van der Waals surface area contributed by atoms with Gasteiger partial charge in [0.2, 0.25) is 0 Å². The summed E-state index contributed by atoms with van der Waals surface area (Å²) in [6.45, 7) is 23.7. The first kappa shape index (κ1) is 53.1. The molecule has 0 aliphatic carbocycles. The van der Waals surface area contributed by atoms with Gasteiger partial charge < -0.3 is 37.6 Å². The standard InChI is InChI=1S/C19H18BF5O3.C13H25BO4.C13H6BrF5O/c1-17(2)18(3,4)28-20(27-17)12-7-5-11(6-8-12)19(24,25)26-13-9-14(21)16(23)15(22)10-13;1-10(2)11(3,4)16-9(15-10)14-17-12(5,6)13(7,8)18-14;14-8-3-1-7(2-4-8)13(18,19)20-9-5-10(15)12(17)11(16)6-9/h5-10H,1-4H3;9H,1-8H3;1-6H. The summed E-state index contributed by atoms with van der Waals surface area (Å²) in [7, 11) is -1.20. The van der Waals surface area contributed by atoms with Crippen LogP contribution in [0.2, 0.25) is 0 Å². The molecule has 0 amide bonds. The van der Waals surface area contributed by atoms with E-state index >= 15 is 0 Å². The zero-order valence-electron chi connectivity index (χ0n) is 38.1. The van der Waals surface area contributed by atoms with Crippen molar-refractivity contribution >= 4 is 35.6 Å². The summed E-state index contributed by atoms with van der Waals surface area (Å²) in [6.07, 6.45) is -8.18. The van der Waals surface area contributed by atoms with Crippen LogP contribution in [0.25, 0.3) is 0 Å². The molecule has 0 radical (unpaired) electrons. The molecular weight excluding hydrogens is 960 g/mol. The topological polar surface area (TPSA) is 73.8 Å². The van der Waals surface area contributed by atoms with E-state index in [4.69, 9.17) is 28.1 Å². The Hall–Kier alpha value is -3.85. The molecule has 4 aromatic rings. The van der Waals surface area contributed by atoms with Crippen molar-refractivity contribution in [2.75, 3.05) is 0 Å². The average Bonchev–Trinajstić information content (AvgIpc) is 3.65. The summed E-state index contributed by atoms with van der Waals surface area (Å²) in [5, 5.41) is 0. The van der Waals surface area contributed by atoms with Gasteiger partial charge in [-0.1, -0.05) is 28.1 Å². The number of rotatable bonds is 8. The maximum atomic E-state index is 14.3. The van der Waals surface area contributed by atoms with Crippen molar-refractivity contribution in [2.24, 2.45) is 0 Å². The second kappa shape index (κ2) is 18.6. The number of benzene rings is 4. The minimum Gasteiger partial charge on any atom is -0.429 e. The second-order valence-corrected chi connectivity index (χ2v) is 19.5. The van der Waals surface area contributed by atoms with Crippen LogP contribution in [0.3, 0.4) is 0 Å². The molecule has 0 aromatic heterocycles. The van der Waals surface area contributed by atoms with E-state index in [9.17, 15) is 43.9 Å². The second-order valence-electron chi connectivity index (χ2n) is 18.6. The number of hydrogen-bond acceptors (Lipinski definition) is 8. The number of hydrogen-bond donors (Lipinski definition) is 0. The van der Waals surface area contributed by atoms with Crippen molar-refractivity contribution in [1.82, 2.24) is 0 Å². The third-order valence-electron chi connectivity index (χ3n) is 12.1. The monoisotopic (exact) mass is 1010 g/mol. The van der Waals surface area contributed by atoms with Crippen molar-refractivity contribution in [3.8, 4) is 11.5 Å². The van der Waals surface area contributed by atoms with Gasteiger partial charge in [0.15, 0.2) is 41.1 Å². The van der Waals surface area contributed by atoms with Crippen LogP contribution in [0.4, 0.5) is 43.9 Å². The Labute approximate surface area is 385 Å². The van der Waals surface area contributed by atoms with Crippen molar-refractivity contribution < 1.29 is 81.5 Å². The Bertz CT molecular complexity index is 2240. The molecule has 3 saturated heterocycles. The maximum absolute atomic E-state index is 14.3. The van der Waals surface area contributed by atoms with E-state index in [1.54, 1.807) is 0 Å². The van der Waals surface area contributed by atoms with Gasteiger partial charge in [0.25, 0.3) is 0 Å². The molecule has 3 fully saturated rings. The highest BCUT2D eigenvalue weighted by Gasteiger charge is 2.61. The fraction of sp³-hybridized carbons (Fsp3) is 0.467. The van der Waals surface area contributed by atoms with Crippen LogP contribution in [-0.4, -0.2) is 54.0 Å². The largest absolute Gasteiger partial charge is 0.517 e. The molecule has 0 bridgehead atoms. The average molecular weight is 1010 g/mol. The van der Waals surface area contributed by atoms with Crippen molar-refractivity contribution in [3.05, 3.63) is 123 Å². The molecule has 0 atom stereocenters. The Balaban J connectivity index is 0.000000192. The minimum absolute atomic E-state index is 0.352. The lowest BCUT2D eigenvalue weighted by atomic mass is 9.79. The first-order valence-electron chi connectivity index (χ1n) is 20.4. The first-order chi connectivity index (χ1) is 30.0. The highest BCUT2D eigenvalue weighted by molar-refractivity contribution is 9.10. The maximum Gasteiger partial charge on any atom is 0.517 e. The fourth-order valence-corrected chi connectivity index (χ4v) is 6.32. The number of alkyl halides is 4. The lowest BCUT2D eigenvalue weighted by Crippen LogP contribution is -2.41. The normalized spacial score (nSPS) is 20.3. The molecule has 360 valence electrons. The van der Waals surface area contributed by atoms with Gasteiger partial charge in [-0.15, -0.1) is 0 Å². The zero-order valence-corrected chi connectivity index (χ0v) is 39.7. The highest BCUT2D eigenvalue weighted by Crippen LogP contribution is 2.45. The van der Waals surface area contributed by atoms with Gasteiger partial charge in [0, 0.05) is 28.7 Å². The Kier molecular flexibility index (Phi) is 14.9. The van der Waals surface area contributed by atoms with Crippen LogP contribution in [-0.2, 0) is 40.3 Å². The zero-order chi connectivity index (χ0) is 49.8. The molecule has 0 N–H and O–H groups in total. The Morgan fingerprint density at radius 2 is 0.773 bits per heavy atom. The van der Waals surface area contributed by atoms with Crippen LogP contribution in [0.15, 0.2) is 77.3 Å². The van der Waals surface area contributed by atoms with E-state index in [1.807, 2.05) is 83.1 Å². The molecule has 21 heteroatoms. The molecule has 8 nitrogen and oxygen atoms in total. The van der Waals surface area contributed by atoms with Gasteiger partial charge in [-0.3, -0.25) is 0 Å². The molecule has 3 aliphatic rings. The van der Waals surface area contributed by atoms with E-state index in [0.29, 0.717) is 34.2 Å². The summed E-state index contributed by atoms with van der Waals surface area (Å²) in [6, 6.07) is 11.3. The first-order valence-corrected chi connectivity index (χ1v) is 21.2. The number of halogens is 11. The van der Waals surface area contributed by atoms with Gasteiger partial charge >= 0.3 is 26.5 Å². The molecule has 3 heterocycles. The van der Waals surface area contributed by atoms with E-state index in [2.05, 4.69) is 25.4 Å². The predicted molar refractivity (Wildman–Crippen MR) is 228 cm³/mol. The Morgan fingerprint density at radius 1 is 0.470 bits per heavy atom. The van der Waals surface area contributed by atoms with Crippen molar-refractivity contribution in [3.63, 3.8) is 0 Å². The third-order valence-corrected chi connectivity index (χ3v) is 12.7. The predicted octanol–water partition coefficient (Wildman–Crippen LogP) is 12.1.